The number of rotatable bonds is 2. The highest BCUT2D eigenvalue weighted by Gasteiger charge is 2.45. The lowest BCUT2D eigenvalue weighted by Gasteiger charge is -2.46. The van der Waals surface area contributed by atoms with Crippen LogP contribution in [-0.4, -0.2) is 16.5 Å². The second-order valence-corrected chi connectivity index (χ2v) is 7.05. The summed E-state index contributed by atoms with van der Waals surface area (Å²) >= 11 is 0. The minimum absolute atomic E-state index is 0.162. The van der Waals surface area contributed by atoms with E-state index in [1.165, 1.54) is 0 Å². The van der Waals surface area contributed by atoms with Crippen LogP contribution in [0.2, 0.25) is 0 Å². The topological polar surface area (TPSA) is 92.8 Å². The highest BCUT2D eigenvalue weighted by molar-refractivity contribution is 5.75. The van der Waals surface area contributed by atoms with Crippen molar-refractivity contribution in [1.82, 2.24) is 0 Å². The molecule has 31 heavy (non-hydrogen) atoms. The first-order valence-corrected chi connectivity index (χ1v) is 8.54. The number of non-ortho nitro benzene ring substituents is 2. The van der Waals surface area contributed by atoms with Gasteiger partial charge in [0.25, 0.3) is 11.4 Å². The van der Waals surface area contributed by atoms with Crippen molar-refractivity contribution in [2.45, 2.75) is 25.4 Å². The molecule has 2 bridgehead atoms. The van der Waals surface area contributed by atoms with Gasteiger partial charge in [-0.05, 0) is 0 Å². The molecule has 0 unspecified atom stereocenters. The Morgan fingerprint density at radius 1 is 0.710 bits per heavy atom. The van der Waals surface area contributed by atoms with Gasteiger partial charge in [-0.1, -0.05) is 0 Å². The maximum Gasteiger partial charge on any atom is 0.418 e. The zero-order valence-electron chi connectivity index (χ0n) is 15.1. The third kappa shape index (κ3) is 3.37. The number of hydrogen-bond donors (Lipinski definition) is 0. The number of anilines is 2. The quantitative estimate of drug-likeness (QED) is 0.371. The first-order chi connectivity index (χ1) is 14.3. The molecule has 0 saturated heterocycles. The lowest BCUT2D eigenvalue weighted by atomic mass is 9.95. The molecule has 0 N–H and O–H groups in total. The van der Waals surface area contributed by atoms with Crippen molar-refractivity contribution in [3.63, 3.8) is 0 Å². The van der Waals surface area contributed by atoms with Gasteiger partial charge in [0.2, 0.25) is 0 Å². The Morgan fingerprint density at radius 3 is 1.35 bits per heavy atom. The van der Waals surface area contributed by atoms with Gasteiger partial charge >= 0.3 is 12.4 Å². The predicted molar refractivity (Wildman–Crippen MR) is 93.4 cm³/mol. The number of nitro groups is 2. The number of alkyl halides is 6. The molecule has 2 aliphatic heterocycles. The lowest BCUT2D eigenvalue weighted by Crippen LogP contribution is -2.47. The molecule has 0 spiro atoms. The molecule has 8 nitrogen and oxygen atoms in total. The second-order valence-electron chi connectivity index (χ2n) is 7.05. The van der Waals surface area contributed by atoms with E-state index in [2.05, 4.69) is 0 Å². The Morgan fingerprint density at radius 2 is 1.06 bits per heavy atom. The van der Waals surface area contributed by atoms with Crippen LogP contribution in [0.25, 0.3) is 0 Å². The van der Waals surface area contributed by atoms with E-state index in [1.807, 2.05) is 0 Å². The summed E-state index contributed by atoms with van der Waals surface area (Å²) in [6, 6.07) is 2.54. The smallest absolute Gasteiger partial charge is 0.349 e. The molecular formula is C17H10F6N4O4. The summed E-state index contributed by atoms with van der Waals surface area (Å²) in [5.41, 5.74) is -5.36. The maximum absolute atomic E-state index is 13.6. The average Bonchev–Trinajstić information content (AvgIpc) is 2.64. The molecule has 0 atom stereocenters. The van der Waals surface area contributed by atoms with E-state index in [1.54, 1.807) is 0 Å². The minimum Gasteiger partial charge on any atom is -0.349 e. The van der Waals surface area contributed by atoms with Crippen LogP contribution in [-0.2, 0) is 25.4 Å². The second kappa shape index (κ2) is 6.46. The maximum atomic E-state index is 13.6. The number of benzene rings is 2. The van der Waals surface area contributed by atoms with Crippen LogP contribution in [0.5, 0.6) is 0 Å². The fraction of sp³-hybridized carbons (Fsp3) is 0.294. The summed E-state index contributed by atoms with van der Waals surface area (Å²) in [4.78, 5) is 22.4. The standard InChI is InChI=1S/C17H10F6N4O4/c18-16(19,20)12-3-10(26(28)29)1-8-5-24-7-25(14(8)12)6-9-2-11(27(30)31)4-13(15(9)24)17(21,22)23/h1-4H,5-7H2. The summed E-state index contributed by atoms with van der Waals surface area (Å²) in [6.07, 6.45) is -9.92. The molecule has 164 valence electrons. The summed E-state index contributed by atoms with van der Waals surface area (Å²) in [6.45, 7) is -1.28. The molecule has 2 heterocycles. The van der Waals surface area contributed by atoms with Crippen molar-refractivity contribution in [2.75, 3.05) is 16.5 Å². The van der Waals surface area contributed by atoms with E-state index in [0.29, 0.717) is 12.1 Å². The molecule has 2 aromatic carbocycles. The molecule has 0 radical (unpaired) electrons. The number of hydrogen-bond acceptors (Lipinski definition) is 6. The molecule has 0 aromatic heterocycles. The SMILES string of the molecule is O=[N+]([O-])c1cc2c(c(C(F)(F)F)c1)N1Cc3cc([N+](=O)[O-])cc(C(F)(F)F)c3N(C2)C1. The van der Waals surface area contributed by atoms with Crippen LogP contribution >= 0.6 is 0 Å². The Labute approximate surface area is 168 Å². The van der Waals surface area contributed by atoms with Gasteiger partial charge in [-0.3, -0.25) is 20.2 Å². The van der Waals surface area contributed by atoms with Crippen LogP contribution in [0.3, 0.4) is 0 Å². The zero-order valence-corrected chi connectivity index (χ0v) is 15.1. The molecule has 0 amide bonds. The average molecular weight is 448 g/mol. The Hall–Kier alpha value is -3.58. The van der Waals surface area contributed by atoms with Crippen molar-refractivity contribution < 1.29 is 36.2 Å². The van der Waals surface area contributed by atoms with Gasteiger partial charge in [0, 0.05) is 48.5 Å². The van der Waals surface area contributed by atoms with Gasteiger partial charge in [-0.25, -0.2) is 0 Å². The van der Waals surface area contributed by atoms with Gasteiger partial charge in [0.05, 0.1) is 39.0 Å². The van der Waals surface area contributed by atoms with Crippen molar-refractivity contribution in [1.29, 1.82) is 0 Å². The van der Waals surface area contributed by atoms with E-state index in [9.17, 15) is 46.6 Å². The van der Waals surface area contributed by atoms with E-state index < -0.39 is 57.8 Å². The predicted octanol–water partition coefficient (Wildman–Crippen LogP) is 4.84. The van der Waals surface area contributed by atoms with E-state index in [4.69, 9.17) is 0 Å². The molecule has 0 fully saturated rings. The zero-order chi connectivity index (χ0) is 22.9. The number of fused-ring (bicyclic) bond motifs is 6. The molecule has 0 saturated carbocycles. The van der Waals surface area contributed by atoms with Gasteiger partial charge in [-0.15, -0.1) is 0 Å². The molecule has 2 aliphatic rings. The fourth-order valence-electron chi connectivity index (χ4n) is 4.00. The summed E-state index contributed by atoms with van der Waals surface area (Å²) < 4.78 is 81.8. The van der Waals surface area contributed by atoms with Crippen LogP contribution in [0.1, 0.15) is 22.3 Å². The van der Waals surface area contributed by atoms with Gasteiger partial charge < -0.3 is 9.80 Å². The fourth-order valence-corrected chi connectivity index (χ4v) is 4.00. The molecule has 0 aliphatic carbocycles. The third-order valence-corrected chi connectivity index (χ3v) is 5.08. The number of halogens is 6. The molecule has 4 rings (SSSR count). The van der Waals surface area contributed by atoms with Crippen LogP contribution < -0.4 is 9.80 Å². The summed E-state index contributed by atoms with van der Waals surface area (Å²) in [5, 5.41) is 22.2. The number of nitrogens with zero attached hydrogens (tertiary/aromatic N) is 4. The number of nitro benzene ring substituents is 2. The molecule has 14 heteroatoms. The first kappa shape index (κ1) is 20.7. The molecular weight excluding hydrogens is 438 g/mol. The Balaban J connectivity index is 1.94. The minimum atomic E-state index is -4.96. The van der Waals surface area contributed by atoms with Crippen molar-refractivity contribution in [3.05, 3.63) is 66.7 Å². The lowest BCUT2D eigenvalue weighted by molar-refractivity contribution is -0.385. The van der Waals surface area contributed by atoms with Crippen molar-refractivity contribution in [2.24, 2.45) is 0 Å². The van der Waals surface area contributed by atoms with Crippen molar-refractivity contribution in [3.8, 4) is 0 Å². The molecule has 2 aromatic rings. The normalized spacial score (nSPS) is 15.4. The highest BCUT2D eigenvalue weighted by atomic mass is 19.4. The Bertz CT molecular complexity index is 1040. The van der Waals surface area contributed by atoms with Gasteiger partial charge in [0.1, 0.15) is 0 Å². The van der Waals surface area contributed by atoms with Gasteiger partial charge in [0.15, 0.2) is 0 Å². The summed E-state index contributed by atoms with van der Waals surface area (Å²) in [5.74, 6) is 0. The van der Waals surface area contributed by atoms with E-state index >= 15 is 0 Å². The van der Waals surface area contributed by atoms with Gasteiger partial charge in [-0.2, -0.15) is 26.3 Å². The van der Waals surface area contributed by atoms with Crippen molar-refractivity contribution >= 4 is 22.7 Å². The largest absolute Gasteiger partial charge is 0.418 e. The highest BCUT2D eigenvalue weighted by Crippen LogP contribution is 2.50. The van der Waals surface area contributed by atoms with E-state index in [0.717, 1.165) is 21.9 Å². The van der Waals surface area contributed by atoms with Crippen LogP contribution in [0.15, 0.2) is 24.3 Å². The van der Waals surface area contributed by atoms with E-state index in [-0.39, 0.29) is 29.2 Å². The monoisotopic (exact) mass is 448 g/mol. The summed E-state index contributed by atoms with van der Waals surface area (Å²) in [7, 11) is 0. The van der Waals surface area contributed by atoms with Crippen LogP contribution in [0, 0.1) is 20.2 Å². The Kier molecular flexibility index (Phi) is 4.31. The first-order valence-electron chi connectivity index (χ1n) is 8.54. The van der Waals surface area contributed by atoms with Crippen LogP contribution in [0.4, 0.5) is 49.1 Å². The third-order valence-electron chi connectivity index (χ3n) is 5.08.